The Bertz CT molecular complexity index is 464. The van der Waals surface area contributed by atoms with E-state index in [1.807, 2.05) is 6.92 Å². The van der Waals surface area contributed by atoms with Gasteiger partial charge < -0.3 is 15.3 Å². The molecule has 0 aliphatic carbocycles. The first-order chi connectivity index (χ1) is 9.61. The summed E-state index contributed by atoms with van der Waals surface area (Å²) in [5.41, 5.74) is 0.625. The monoisotopic (exact) mass is 277 g/mol. The first-order valence-electron chi connectivity index (χ1n) is 7.29. The van der Waals surface area contributed by atoms with E-state index in [4.69, 9.17) is 0 Å². The second-order valence-electron chi connectivity index (χ2n) is 5.44. The van der Waals surface area contributed by atoms with Gasteiger partial charge in [-0.05, 0) is 30.9 Å². The van der Waals surface area contributed by atoms with Gasteiger partial charge in [0.1, 0.15) is 5.82 Å². The number of aliphatic hydroxyl groups excluding tert-OH is 1. The molecule has 1 aliphatic heterocycles. The molecule has 5 heteroatoms. The third-order valence-electron chi connectivity index (χ3n) is 3.77. The molecule has 0 spiro atoms. The fourth-order valence-corrected chi connectivity index (χ4v) is 2.33. The zero-order valence-corrected chi connectivity index (χ0v) is 12.2. The quantitative estimate of drug-likeness (QED) is 0.880. The Labute approximate surface area is 120 Å². The third-order valence-corrected chi connectivity index (χ3v) is 3.77. The molecule has 0 radical (unpaired) electrons. The van der Waals surface area contributed by atoms with Gasteiger partial charge in [-0.1, -0.05) is 13.8 Å². The Hall–Kier alpha value is -1.62. The highest BCUT2D eigenvalue weighted by molar-refractivity contribution is 5.94. The van der Waals surface area contributed by atoms with Crippen LogP contribution in [-0.4, -0.2) is 46.6 Å². The van der Waals surface area contributed by atoms with Crippen LogP contribution in [0.4, 0.5) is 5.82 Å². The molecule has 0 bridgehead atoms. The van der Waals surface area contributed by atoms with Crippen molar-refractivity contribution in [3.05, 3.63) is 23.9 Å². The Kier molecular flexibility index (Phi) is 4.95. The lowest BCUT2D eigenvalue weighted by atomic mass is 9.95. The minimum absolute atomic E-state index is 0.0297. The maximum absolute atomic E-state index is 12.4. The summed E-state index contributed by atoms with van der Waals surface area (Å²) in [7, 11) is 0. The largest absolute Gasteiger partial charge is 0.391 e. The van der Waals surface area contributed by atoms with Crippen LogP contribution in [0, 0.1) is 5.92 Å². The van der Waals surface area contributed by atoms with Gasteiger partial charge in [0.2, 0.25) is 0 Å². The van der Waals surface area contributed by atoms with Crippen LogP contribution in [0.5, 0.6) is 0 Å². The van der Waals surface area contributed by atoms with Crippen LogP contribution in [0.3, 0.4) is 0 Å². The number of pyridine rings is 1. The Morgan fingerprint density at radius 3 is 3.10 bits per heavy atom. The van der Waals surface area contributed by atoms with Crippen LogP contribution < -0.4 is 5.32 Å². The van der Waals surface area contributed by atoms with E-state index in [0.717, 1.165) is 25.2 Å². The fraction of sp³-hybridized carbons (Fsp3) is 0.600. The number of anilines is 1. The Balaban J connectivity index is 2.05. The lowest BCUT2D eigenvalue weighted by Crippen LogP contribution is -2.45. The van der Waals surface area contributed by atoms with Crippen LogP contribution >= 0.6 is 0 Å². The molecular weight excluding hydrogens is 254 g/mol. The lowest BCUT2D eigenvalue weighted by Gasteiger charge is -2.34. The number of carbonyl (C=O) groups excluding carboxylic acids is 1. The Morgan fingerprint density at radius 2 is 2.40 bits per heavy atom. The maximum atomic E-state index is 12.4. The van der Waals surface area contributed by atoms with Crippen LogP contribution in [0.2, 0.25) is 0 Å². The smallest absolute Gasteiger partial charge is 0.254 e. The van der Waals surface area contributed by atoms with Gasteiger partial charge in [-0.2, -0.15) is 0 Å². The summed E-state index contributed by atoms with van der Waals surface area (Å²) in [6, 6.07) is 3.51. The lowest BCUT2D eigenvalue weighted by molar-refractivity contribution is 0.0248. The molecule has 1 fully saturated rings. The predicted octanol–water partition coefficient (Wildman–Crippen LogP) is 1.75. The van der Waals surface area contributed by atoms with Crippen LogP contribution in [-0.2, 0) is 0 Å². The molecule has 2 N–H and O–H groups in total. The molecule has 1 amide bonds. The maximum Gasteiger partial charge on any atom is 0.254 e. The number of hydrogen-bond donors (Lipinski definition) is 2. The van der Waals surface area contributed by atoms with Gasteiger partial charge >= 0.3 is 0 Å². The minimum atomic E-state index is -0.424. The van der Waals surface area contributed by atoms with Crippen molar-refractivity contribution in [2.45, 2.75) is 32.8 Å². The summed E-state index contributed by atoms with van der Waals surface area (Å²) < 4.78 is 0. The number of piperidine rings is 1. The number of nitrogens with zero attached hydrogens (tertiary/aromatic N) is 2. The summed E-state index contributed by atoms with van der Waals surface area (Å²) in [5.74, 6) is 0.958. The molecule has 1 aliphatic rings. The number of aromatic nitrogens is 1. The summed E-state index contributed by atoms with van der Waals surface area (Å²) in [6.07, 6.45) is 3.08. The van der Waals surface area contributed by atoms with Gasteiger partial charge in [0.25, 0.3) is 5.91 Å². The van der Waals surface area contributed by atoms with Gasteiger partial charge in [0, 0.05) is 31.4 Å². The number of likely N-dealkylation sites (tertiary alicyclic amines) is 1. The molecule has 2 unspecified atom stereocenters. The SMILES string of the molecule is CCCNc1cc(C(=O)N2CCC(C)C(O)C2)ccn1. The van der Waals surface area contributed by atoms with Crippen molar-refractivity contribution >= 4 is 11.7 Å². The molecule has 0 saturated carbocycles. The Morgan fingerprint density at radius 1 is 1.60 bits per heavy atom. The number of hydrogen-bond acceptors (Lipinski definition) is 4. The van der Waals surface area contributed by atoms with Crippen LogP contribution in [0.25, 0.3) is 0 Å². The van der Waals surface area contributed by atoms with Crippen molar-refractivity contribution in [1.82, 2.24) is 9.88 Å². The molecular formula is C15H23N3O2. The van der Waals surface area contributed by atoms with E-state index in [2.05, 4.69) is 17.2 Å². The number of rotatable bonds is 4. The van der Waals surface area contributed by atoms with E-state index in [0.29, 0.717) is 18.7 Å². The standard InChI is InChI=1S/C15H23N3O2/c1-3-6-16-14-9-12(4-7-17-14)15(20)18-8-5-11(2)13(19)10-18/h4,7,9,11,13,19H,3,5-6,8,10H2,1-2H3,(H,16,17). The van der Waals surface area contributed by atoms with E-state index in [-0.39, 0.29) is 11.8 Å². The van der Waals surface area contributed by atoms with Gasteiger partial charge in [0.15, 0.2) is 0 Å². The van der Waals surface area contributed by atoms with Crippen molar-refractivity contribution in [3.8, 4) is 0 Å². The van der Waals surface area contributed by atoms with Crippen molar-refractivity contribution < 1.29 is 9.90 Å². The predicted molar refractivity (Wildman–Crippen MR) is 78.7 cm³/mol. The van der Waals surface area contributed by atoms with E-state index in [1.54, 1.807) is 23.2 Å². The second-order valence-corrected chi connectivity index (χ2v) is 5.44. The van der Waals surface area contributed by atoms with Crippen LogP contribution in [0.1, 0.15) is 37.0 Å². The molecule has 2 atom stereocenters. The normalized spacial score (nSPS) is 22.6. The van der Waals surface area contributed by atoms with Crippen LogP contribution in [0.15, 0.2) is 18.3 Å². The summed E-state index contributed by atoms with van der Waals surface area (Å²) in [5, 5.41) is 13.1. The van der Waals surface area contributed by atoms with Gasteiger partial charge in [-0.3, -0.25) is 4.79 Å². The fourth-order valence-electron chi connectivity index (χ4n) is 2.33. The molecule has 5 nitrogen and oxygen atoms in total. The molecule has 1 aromatic rings. The molecule has 110 valence electrons. The number of β-amino-alcohol motifs (C(OH)–C–C–N with tert-alkyl or cyclic N) is 1. The summed E-state index contributed by atoms with van der Waals surface area (Å²) >= 11 is 0. The first kappa shape index (κ1) is 14.8. The van der Waals surface area contributed by atoms with Crippen molar-refractivity contribution in [2.24, 2.45) is 5.92 Å². The summed E-state index contributed by atoms with van der Waals surface area (Å²) in [4.78, 5) is 18.4. The average Bonchev–Trinajstić information content (AvgIpc) is 2.47. The first-order valence-corrected chi connectivity index (χ1v) is 7.29. The number of aliphatic hydroxyl groups is 1. The van der Waals surface area contributed by atoms with Crippen molar-refractivity contribution in [3.63, 3.8) is 0 Å². The summed E-state index contributed by atoms with van der Waals surface area (Å²) in [6.45, 7) is 6.06. The van der Waals surface area contributed by atoms with Crippen molar-refractivity contribution in [1.29, 1.82) is 0 Å². The molecule has 0 aromatic carbocycles. The highest BCUT2D eigenvalue weighted by Crippen LogP contribution is 2.19. The minimum Gasteiger partial charge on any atom is -0.391 e. The molecule has 1 saturated heterocycles. The number of amides is 1. The highest BCUT2D eigenvalue weighted by Gasteiger charge is 2.27. The van der Waals surface area contributed by atoms with E-state index < -0.39 is 6.10 Å². The van der Waals surface area contributed by atoms with Gasteiger partial charge in [0.05, 0.1) is 6.10 Å². The second kappa shape index (κ2) is 6.70. The van der Waals surface area contributed by atoms with Crippen molar-refractivity contribution in [2.75, 3.05) is 25.0 Å². The average molecular weight is 277 g/mol. The molecule has 2 heterocycles. The number of carbonyl (C=O) groups is 1. The van der Waals surface area contributed by atoms with E-state index >= 15 is 0 Å². The topological polar surface area (TPSA) is 65.5 Å². The van der Waals surface area contributed by atoms with Gasteiger partial charge in [-0.15, -0.1) is 0 Å². The molecule has 1 aromatic heterocycles. The number of nitrogens with one attached hydrogen (secondary N) is 1. The zero-order valence-electron chi connectivity index (χ0n) is 12.2. The van der Waals surface area contributed by atoms with E-state index in [1.165, 1.54) is 0 Å². The highest BCUT2D eigenvalue weighted by atomic mass is 16.3. The molecule has 2 rings (SSSR count). The zero-order chi connectivity index (χ0) is 14.5. The third kappa shape index (κ3) is 3.48. The van der Waals surface area contributed by atoms with E-state index in [9.17, 15) is 9.90 Å². The van der Waals surface area contributed by atoms with Gasteiger partial charge in [-0.25, -0.2) is 4.98 Å². The molecule has 20 heavy (non-hydrogen) atoms.